The van der Waals surface area contributed by atoms with Gasteiger partial charge in [-0.25, -0.2) is 19.9 Å². The maximum absolute atomic E-state index is 13.2. The molecular weight excluding hydrogens is 915 g/mol. The van der Waals surface area contributed by atoms with Crippen molar-refractivity contribution in [3.8, 4) is 40.2 Å². The normalized spacial score (nSPS) is 13.7. The third-order valence-electron chi connectivity index (χ3n) is 9.81. The molecule has 63 heavy (non-hydrogen) atoms. The van der Waals surface area contributed by atoms with E-state index in [1.807, 2.05) is 88.3 Å². The number of H-pyrrole nitrogens is 1. The van der Waals surface area contributed by atoms with Crippen LogP contribution in [-0.4, -0.2) is 84.0 Å². The molecule has 2 aliphatic heterocycles. The first-order chi connectivity index (χ1) is 30.8. The van der Waals surface area contributed by atoms with Crippen molar-refractivity contribution in [2.24, 2.45) is 0 Å². The van der Waals surface area contributed by atoms with Crippen LogP contribution in [0.5, 0.6) is 11.5 Å². The lowest BCUT2D eigenvalue weighted by atomic mass is 10.1. The van der Waals surface area contributed by atoms with Crippen molar-refractivity contribution < 1.29 is 19.1 Å². The van der Waals surface area contributed by atoms with Crippen LogP contribution in [0.1, 0.15) is 57.8 Å². The number of aryl methyl sites for hydroxylation is 4. The van der Waals surface area contributed by atoms with Gasteiger partial charge in [0.1, 0.15) is 47.2 Å². The van der Waals surface area contributed by atoms with Gasteiger partial charge in [-0.05, 0) is 123 Å². The number of fused-ring (bicyclic) bond motifs is 10. The standard InChI is InChI=1S/C22H21N7O2.C18H16IN5O2.C4H6N2/c1-15-12-29(13-23-15)16-7-8-19-17(11-16)22(30)26-20-6-4-5-18(25-20)21-27-24-14-28(21)9-2-3-10-31-19;19-12-6-7-15-13(10-12)18(25)22-16-5-3-4-14(21-16)17-23-20-11-24(17)8-1-2-9-26-15;1-4-2-5-3-6-4/h4-8,11-14H,2-3,9-10H2,1H3,(H,25,26,30);3-7,10-11H,1-2,8-9H2,(H,21,22,25);2-3H,1H3,(H,5,6). The zero-order valence-corrected chi connectivity index (χ0v) is 36.6. The van der Waals surface area contributed by atoms with Crippen LogP contribution in [0.2, 0.25) is 0 Å². The van der Waals surface area contributed by atoms with Gasteiger partial charge in [0.2, 0.25) is 0 Å². The summed E-state index contributed by atoms with van der Waals surface area (Å²) in [7, 11) is 0. The van der Waals surface area contributed by atoms with E-state index in [1.165, 1.54) is 0 Å². The molecule has 8 heterocycles. The van der Waals surface area contributed by atoms with E-state index in [0.717, 1.165) is 59.4 Å². The minimum Gasteiger partial charge on any atom is -0.493 e. The number of nitrogens with one attached hydrogen (secondary N) is 3. The summed E-state index contributed by atoms with van der Waals surface area (Å²) in [6.45, 7) is 6.48. The number of imidazole rings is 2. The highest BCUT2D eigenvalue weighted by Crippen LogP contribution is 2.27. The van der Waals surface area contributed by atoms with Gasteiger partial charge >= 0.3 is 0 Å². The Morgan fingerprint density at radius 3 is 1.79 bits per heavy atom. The largest absolute Gasteiger partial charge is 0.493 e. The van der Waals surface area contributed by atoms with Gasteiger partial charge in [0.05, 0.1) is 42.7 Å². The SMILES string of the molecule is Cc1cn(-c2ccc3c(c2)C(=O)Nc2cccc(n2)-c2nncn2CCCCO3)cn1.Cc1cnc[nH]1.O=C1Nc2cccc(n2)-c2nncn2CCCCOc2ccc(I)cc21. The number of aromatic amines is 1. The smallest absolute Gasteiger partial charge is 0.260 e. The van der Waals surface area contributed by atoms with Crippen molar-refractivity contribution in [3.63, 3.8) is 0 Å². The van der Waals surface area contributed by atoms with E-state index in [2.05, 4.69) is 78.5 Å². The molecule has 4 bridgehead atoms. The third kappa shape index (κ3) is 10.8. The van der Waals surface area contributed by atoms with Gasteiger partial charge in [-0.1, -0.05) is 12.1 Å². The molecular formula is C44H43IN14O4. The number of pyridine rings is 2. The number of anilines is 2. The number of hydrogen-bond donors (Lipinski definition) is 3. The number of amides is 2. The van der Waals surface area contributed by atoms with Crippen LogP contribution in [0.25, 0.3) is 28.7 Å². The number of rotatable bonds is 1. The first-order valence-corrected chi connectivity index (χ1v) is 21.3. The van der Waals surface area contributed by atoms with Crippen LogP contribution in [0.4, 0.5) is 11.6 Å². The van der Waals surface area contributed by atoms with Crippen molar-refractivity contribution in [2.45, 2.75) is 52.6 Å². The number of hydrogen-bond acceptors (Lipinski definition) is 12. The van der Waals surface area contributed by atoms with Crippen LogP contribution in [0.3, 0.4) is 0 Å². The van der Waals surface area contributed by atoms with Gasteiger partial charge < -0.3 is 38.8 Å². The highest BCUT2D eigenvalue weighted by molar-refractivity contribution is 14.1. The number of ether oxygens (including phenoxy) is 2. The minimum absolute atomic E-state index is 0.248. The molecule has 0 unspecified atom stereocenters. The minimum atomic E-state index is -0.295. The Morgan fingerprint density at radius 1 is 0.683 bits per heavy atom. The monoisotopic (exact) mass is 958 g/mol. The molecule has 3 N–H and O–H groups in total. The van der Waals surface area contributed by atoms with E-state index in [0.29, 0.717) is 70.5 Å². The Kier molecular flexibility index (Phi) is 13.5. The van der Waals surface area contributed by atoms with E-state index in [4.69, 9.17) is 9.47 Å². The predicted molar refractivity (Wildman–Crippen MR) is 243 cm³/mol. The number of halogens is 1. The van der Waals surface area contributed by atoms with Gasteiger partial charge in [0.15, 0.2) is 11.6 Å². The molecule has 6 aromatic heterocycles. The molecule has 8 aromatic rings. The second-order valence-electron chi connectivity index (χ2n) is 14.5. The summed E-state index contributed by atoms with van der Waals surface area (Å²) in [4.78, 5) is 46.0. The molecule has 18 nitrogen and oxygen atoms in total. The van der Waals surface area contributed by atoms with E-state index < -0.39 is 0 Å². The quantitative estimate of drug-likeness (QED) is 0.138. The molecule has 0 atom stereocenters. The summed E-state index contributed by atoms with van der Waals surface area (Å²) in [6.07, 6.45) is 14.0. The van der Waals surface area contributed by atoms with Crippen molar-refractivity contribution in [3.05, 3.63) is 137 Å². The van der Waals surface area contributed by atoms with Crippen LogP contribution in [0, 0.1) is 17.4 Å². The highest BCUT2D eigenvalue weighted by Gasteiger charge is 2.19. The lowest BCUT2D eigenvalue weighted by Crippen LogP contribution is -2.16. The first-order valence-electron chi connectivity index (χ1n) is 20.3. The molecule has 320 valence electrons. The van der Waals surface area contributed by atoms with E-state index in [1.54, 1.807) is 49.7 Å². The molecule has 0 aliphatic carbocycles. The fourth-order valence-corrected chi connectivity index (χ4v) is 7.16. The van der Waals surface area contributed by atoms with E-state index >= 15 is 0 Å². The number of benzene rings is 2. The highest BCUT2D eigenvalue weighted by atomic mass is 127. The molecule has 0 saturated heterocycles. The number of aromatic nitrogens is 12. The lowest BCUT2D eigenvalue weighted by Gasteiger charge is -2.15. The van der Waals surface area contributed by atoms with Crippen molar-refractivity contribution >= 4 is 46.0 Å². The molecule has 2 aromatic carbocycles. The zero-order valence-electron chi connectivity index (χ0n) is 34.5. The second-order valence-corrected chi connectivity index (χ2v) is 15.8. The van der Waals surface area contributed by atoms with Gasteiger partial charge in [-0.15, -0.1) is 20.4 Å². The Bertz CT molecular complexity index is 2820. The second kappa shape index (κ2) is 20.1. The number of nitrogens with zero attached hydrogens (tertiary/aromatic N) is 11. The van der Waals surface area contributed by atoms with E-state index in [-0.39, 0.29) is 11.8 Å². The molecule has 10 rings (SSSR count). The van der Waals surface area contributed by atoms with Gasteiger partial charge in [0, 0.05) is 40.4 Å². The Morgan fingerprint density at radius 2 is 1.27 bits per heavy atom. The Balaban J connectivity index is 0.000000154. The first kappa shape index (κ1) is 42.4. The van der Waals surface area contributed by atoms with Gasteiger partial charge in [-0.3, -0.25) is 9.59 Å². The third-order valence-corrected chi connectivity index (χ3v) is 10.5. The van der Waals surface area contributed by atoms with Crippen molar-refractivity contribution in [2.75, 3.05) is 23.8 Å². The van der Waals surface area contributed by atoms with Crippen molar-refractivity contribution in [1.29, 1.82) is 0 Å². The van der Waals surface area contributed by atoms with Gasteiger partial charge in [-0.2, -0.15) is 0 Å². The molecule has 0 saturated carbocycles. The summed E-state index contributed by atoms with van der Waals surface area (Å²) in [5.74, 6) is 2.84. The van der Waals surface area contributed by atoms with Crippen LogP contribution >= 0.6 is 22.6 Å². The lowest BCUT2D eigenvalue weighted by molar-refractivity contribution is 0.101. The molecule has 19 heteroatoms. The Labute approximate surface area is 375 Å². The summed E-state index contributed by atoms with van der Waals surface area (Å²) >= 11 is 2.18. The summed E-state index contributed by atoms with van der Waals surface area (Å²) in [6, 6.07) is 22.0. The topological polar surface area (TPSA) is 210 Å². The molecule has 0 radical (unpaired) electrons. The fraction of sp³-hybridized carbons (Fsp3) is 0.227. The molecule has 2 aliphatic rings. The average molecular weight is 959 g/mol. The van der Waals surface area contributed by atoms with Crippen LogP contribution < -0.4 is 20.1 Å². The predicted octanol–water partition coefficient (Wildman–Crippen LogP) is 7.35. The van der Waals surface area contributed by atoms with E-state index in [9.17, 15) is 9.59 Å². The van der Waals surface area contributed by atoms with Crippen LogP contribution in [-0.2, 0) is 13.1 Å². The van der Waals surface area contributed by atoms with Crippen LogP contribution in [0.15, 0.2) is 110 Å². The maximum Gasteiger partial charge on any atom is 0.260 e. The zero-order chi connectivity index (χ0) is 43.5. The summed E-state index contributed by atoms with van der Waals surface area (Å²) in [5.41, 5.74) is 5.11. The number of carbonyl (C=O) groups excluding carboxylic acids is 2. The summed E-state index contributed by atoms with van der Waals surface area (Å²) in [5, 5.41) is 22.1. The van der Waals surface area contributed by atoms with Gasteiger partial charge in [0.25, 0.3) is 11.8 Å². The van der Waals surface area contributed by atoms with Crippen molar-refractivity contribution in [1.82, 2.24) is 59.0 Å². The molecule has 2 amide bonds. The average Bonchev–Trinajstić information content (AvgIpc) is 4.14. The molecule has 0 fully saturated rings. The maximum atomic E-state index is 13.2. The summed E-state index contributed by atoms with van der Waals surface area (Å²) < 4.78 is 18.6. The molecule has 0 spiro atoms. The number of carbonyl (C=O) groups is 2. The Hall–Kier alpha value is -7.29. The fourth-order valence-electron chi connectivity index (χ4n) is 6.67.